The minimum atomic E-state index is -0.429. The number of aliphatic hydroxyl groups excluding tert-OH is 1. The maximum atomic E-state index is 9.63. The van der Waals surface area contributed by atoms with E-state index in [4.69, 9.17) is 11.6 Å². The van der Waals surface area contributed by atoms with Crippen LogP contribution in [0, 0.1) is 6.92 Å². The Kier molecular flexibility index (Phi) is 2.38. The summed E-state index contributed by atoms with van der Waals surface area (Å²) < 4.78 is 0. The van der Waals surface area contributed by atoms with Crippen molar-refractivity contribution in [2.75, 3.05) is 0 Å². The van der Waals surface area contributed by atoms with Crippen LogP contribution in [0.25, 0.3) is 6.08 Å². The first kappa shape index (κ1) is 9.75. The number of fused-ring (bicyclic) bond motifs is 1. The molecule has 0 heterocycles. The molecule has 0 saturated carbocycles. The quantitative estimate of drug-likeness (QED) is 0.752. The topological polar surface area (TPSA) is 20.2 Å². The van der Waals surface area contributed by atoms with Crippen molar-refractivity contribution in [1.29, 1.82) is 0 Å². The fourth-order valence-electron chi connectivity index (χ4n) is 1.97. The van der Waals surface area contributed by atoms with Gasteiger partial charge in [-0.05, 0) is 31.1 Å². The van der Waals surface area contributed by atoms with E-state index in [9.17, 15) is 5.11 Å². The summed E-state index contributed by atoms with van der Waals surface area (Å²) in [6.45, 7) is 3.82. The third kappa shape index (κ3) is 1.47. The van der Waals surface area contributed by atoms with Crippen LogP contribution in [0.3, 0.4) is 0 Å². The van der Waals surface area contributed by atoms with Crippen molar-refractivity contribution in [3.63, 3.8) is 0 Å². The lowest BCUT2D eigenvalue weighted by atomic mass is 9.95. The number of aryl methyl sites for hydroxylation is 1. The van der Waals surface area contributed by atoms with Gasteiger partial charge in [0.25, 0.3) is 0 Å². The first-order chi connectivity index (χ1) is 6.59. The van der Waals surface area contributed by atoms with Crippen molar-refractivity contribution < 1.29 is 5.11 Å². The largest absolute Gasteiger partial charge is 0.392 e. The third-order valence-corrected chi connectivity index (χ3v) is 2.99. The highest BCUT2D eigenvalue weighted by Gasteiger charge is 2.27. The SMILES string of the molecule is Cc1ccc2c(c1)C(C(C)O)C(Cl)=C2. The third-order valence-electron chi connectivity index (χ3n) is 2.65. The maximum absolute atomic E-state index is 9.63. The van der Waals surface area contributed by atoms with E-state index in [2.05, 4.69) is 18.2 Å². The molecular weight excluding hydrogens is 196 g/mol. The fourth-order valence-corrected chi connectivity index (χ4v) is 2.39. The van der Waals surface area contributed by atoms with Gasteiger partial charge in [-0.2, -0.15) is 0 Å². The molecule has 2 atom stereocenters. The van der Waals surface area contributed by atoms with E-state index in [1.807, 2.05) is 13.0 Å². The molecule has 0 aliphatic heterocycles. The summed E-state index contributed by atoms with van der Waals surface area (Å²) in [6, 6.07) is 6.21. The van der Waals surface area contributed by atoms with E-state index >= 15 is 0 Å². The summed E-state index contributed by atoms with van der Waals surface area (Å²) in [5, 5.41) is 10.4. The lowest BCUT2D eigenvalue weighted by Gasteiger charge is -2.16. The van der Waals surface area contributed by atoms with Crippen LogP contribution in [0.15, 0.2) is 23.2 Å². The Balaban J connectivity index is 2.51. The predicted molar refractivity (Wildman–Crippen MR) is 59.4 cm³/mol. The van der Waals surface area contributed by atoms with Gasteiger partial charge in [-0.3, -0.25) is 0 Å². The molecule has 2 unspecified atom stereocenters. The molecule has 1 aliphatic carbocycles. The highest BCUT2D eigenvalue weighted by Crippen LogP contribution is 2.40. The molecule has 1 aliphatic rings. The fraction of sp³-hybridized carbons (Fsp3) is 0.333. The zero-order chi connectivity index (χ0) is 10.3. The molecule has 2 rings (SSSR count). The normalized spacial score (nSPS) is 21.7. The molecule has 1 nitrogen and oxygen atoms in total. The monoisotopic (exact) mass is 208 g/mol. The van der Waals surface area contributed by atoms with Crippen LogP contribution < -0.4 is 0 Å². The van der Waals surface area contributed by atoms with Gasteiger partial charge in [0.05, 0.1) is 6.10 Å². The smallest absolute Gasteiger partial charge is 0.0630 e. The van der Waals surface area contributed by atoms with Crippen LogP contribution in [-0.2, 0) is 0 Å². The molecule has 0 bridgehead atoms. The number of hydrogen-bond donors (Lipinski definition) is 1. The Morgan fingerprint density at radius 2 is 2.14 bits per heavy atom. The first-order valence-electron chi connectivity index (χ1n) is 4.75. The molecule has 2 heteroatoms. The molecule has 14 heavy (non-hydrogen) atoms. The number of halogens is 1. The van der Waals surface area contributed by atoms with Gasteiger partial charge in [0, 0.05) is 11.0 Å². The highest BCUT2D eigenvalue weighted by molar-refractivity contribution is 6.33. The van der Waals surface area contributed by atoms with Crippen molar-refractivity contribution in [3.05, 3.63) is 39.9 Å². The summed E-state index contributed by atoms with van der Waals surface area (Å²) in [4.78, 5) is 0. The van der Waals surface area contributed by atoms with Crippen LogP contribution >= 0.6 is 11.6 Å². The second-order valence-electron chi connectivity index (χ2n) is 3.88. The minimum absolute atomic E-state index is 0.0356. The number of benzene rings is 1. The molecule has 1 N–H and O–H groups in total. The summed E-state index contributed by atoms with van der Waals surface area (Å²) >= 11 is 6.09. The predicted octanol–water partition coefficient (Wildman–Crippen LogP) is 3.05. The highest BCUT2D eigenvalue weighted by atomic mass is 35.5. The average molecular weight is 209 g/mol. The summed E-state index contributed by atoms with van der Waals surface area (Å²) in [6.07, 6.45) is 1.51. The average Bonchev–Trinajstić information content (AvgIpc) is 2.40. The van der Waals surface area contributed by atoms with Gasteiger partial charge < -0.3 is 5.11 Å². The van der Waals surface area contributed by atoms with Crippen molar-refractivity contribution >= 4 is 17.7 Å². The lowest BCUT2D eigenvalue weighted by molar-refractivity contribution is 0.178. The molecule has 0 amide bonds. The van der Waals surface area contributed by atoms with Gasteiger partial charge in [-0.25, -0.2) is 0 Å². The zero-order valence-corrected chi connectivity index (χ0v) is 9.05. The van der Waals surface area contributed by atoms with Gasteiger partial charge in [-0.1, -0.05) is 35.4 Å². The van der Waals surface area contributed by atoms with Crippen LogP contribution in [0.2, 0.25) is 0 Å². The summed E-state index contributed by atoms with van der Waals surface area (Å²) in [5.74, 6) is -0.0356. The molecule has 0 aromatic heterocycles. The van der Waals surface area contributed by atoms with Gasteiger partial charge in [0.15, 0.2) is 0 Å². The second-order valence-corrected chi connectivity index (χ2v) is 4.32. The first-order valence-corrected chi connectivity index (χ1v) is 5.13. The molecule has 1 aromatic carbocycles. The Morgan fingerprint density at radius 1 is 1.43 bits per heavy atom. The Bertz CT molecular complexity index is 393. The molecular formula is C12H13ClO. The number of rotatable bonds is 1. The maximum Gasteiger partial charge on any atom is 0.0630 e. The zero-order valence-electron chi connectivity index (χ0n) is 8.29. The van der Waals surface area contributed by atoms with E-state index in [1.165, 1.54) is 5.56 Å². The Labute approximate surface area is 89.0 Å². The van der Waals surface area contributed by atoms with Crippen LogP contribution in [0.5, 0.6) is 0 Å². The van der Waals surface area contributed by atoms with E-state index in [0.717, 1.165) is 16.2 Å². The van der Waals surface area contributed by atoms with Crippen molar-refractivity contribution in [2.24, 2.45) is 0 Å². The molecule has 0 saturated heterocycles. The van der Waals surface area contributed by atoms with E-state index < -0.39 is 6.10 Å². The van der Waals surface area contributed by atoms with E-state index in [-0.39, 0.29) is 5.92 Å². The molecule has 0 radical (unpaired) electrons. The van der Waals surface area contributed by atoms with E-state index in [0.29, 0.717) is 0 Å². The van der Waals surface area contributed by atoms with Crippen molar-refractivity contribution in [2.45, 2.75) is 25.9 Å². The number of aliphatic hydroxyl groups is 1. The van der Waals surface area contributed by atoms with Crippen molar-refractivity contribution in [3.8, 4) is 0 Å². The summed E-state index contributed by atoms with van der Waals surface area (Å²) in [7, 11) is 0. The Hall–Kier alpha value is -0.790. The van der Waals surface area contributed by atoms with Crippen molar-refractivity contribution in [1.82, 2.24) is 0 Å². The van der Waals surface area contributed by atoms with Crippen LogP contribution in [0.1, 0.15) is 29.5 Å². The molecule has 0 fully saturated rings. The van der Waals surface area contributed by atoms with Gasteiger partial charge in [-0.15, -0.1) is 0 Å². The van der Waals surface area contributed by atoms with Crippen LogP contribution in [-0.4, -0.2) is 11.2 Å². The lowest BCUT2D eigenvalue weighted by Crippen LogP contribution is -2.13. The second kappa shape index (κ2) is 3.41. The van der Waals surface area contributed by atoms with Gasteiger partial charge >= 0.3 is 0 Å². The number of hydrogen-bond acceptors (Lipinski definition) is 1. The van der Waals surface area contributed by atoms with Gasteiger partial charge in [0.2, 0.25) is 0 Å². The molecule has 1 aromatic rings. The minimum Gasteiger partial charge on any atom is -0.392 e. The Morgan fingerprint density at radius 3 is 2.79 bits per heavy atom. The van der Waals surface area contributed by atoms with Crippen LogP contribution in [0.4, 0.5) is 0 Å². The molecule has 74 valence electrons. The van der Waals surface area contributed by atoms with E-state index in [1.54, 1.807) is 6.92 Å². The van der Waals surface area contributed by atoms with Gasteiger partial charge in [0.1, 0.15) is 0 Å². The summed E-state index contributed by atoms with van der Waals surface area (Å²) in [5.41, 5.74) is 3.48. The molecule has 0 spiro atoms. The standard InChI is InChI=1S/C12H13ClO/c1-7-3-4-9-6-11(13)12(8(2)14)10(9)5-7/h3-6,8,12,14H,1-2H3.